The first-order valence-corrected chi connectivity index (χ1v) is 5.90. The van der Waals surface area contributed by atoms with Crippen molar-refractivity contribution in [2.45, 2.75) is 13.5 Å². The SMILES string of the molecule is Cc1ccc(-c2nnc3cccc(CN)n23)cc1. The third kappa shape index (κ3) is 1.67. The molecule has 0 saturated carbocycles. The zero-order valence-corrected chi connectivity index (χ0v) is 10.2. The maximum atomic E-state index is 5.77. The fraction of sp³-hybridized carbons (Fsp3) is 0.143. The Kier molecular flexibility index (Phi) is 2.57. The summed E-state index contributed by atoms with van der Waals surface area (Å²) >= 11 is 0. The molecule has 18 heavy (non-hydrogen) atoms. The molecule has 0 fully saturated rings. The minimum atomic E-state index is 0.467. The zero-order chi connectivity index (χ0) is 12.5. The van der Waals surface area contributed by atoms with Gasteiger partial charge >= 0.3 is 0 Å². The molecule has 0 saturated heterocycles. The van der Waals surface area contributed by atoms with Crippen molar-refractivity contribution in [1.82, 2.24) is 14.6 Å². The van der Waals surface area contributed by atoms with E-state index in [2.05, 4.69) is 41.4 Å². The van der Waals surface area contributed by atoms with E-state index >= 15 is 0 Å². The molecule has 3 rings (SSSR count). The van der Waals surface area contributed by atoms with Gasteiger partial charge in [-0.3, -0.25) is 4.40 Å². The number of pyridine rings is 1. The van der Waals surface area contributed by atoms with Crippen molar-refractivity contribution in [2.24, 2.45) is 5.73 Å². The number of nitrogens with zero attached hydrogens (tertiary/aromatic N) is 3. The van der Waals surface area contributed by atoms with Crippen molar-refractivity contribution < 1.29 is 0 Å². The van der Waals surface area contributed by atoms with Crippen LogP contribution < -0.4 is 5.73 Å². The quantitative estimate of drug-likeness (QED) is 0.744. The Morgan fingerprint density at radius 3 is 2.56 bits per heavy atom. The van der Waals surface area contributed by atoms with Crippen LogP contribution in [0.15, 0.2) is 42.5 Å². The molecule has 0 aliphatic heterocycles. The van der Waals surface area contributed by atoms with Gasteiger partial charge in [0.25, 0.3) is 0 Å². The summed E-state index contributed by atoms with van der Waals surface area (Å²) < 4.78 is 2.00. The van der Waals surface area contributed by atoms with E-state index in [4.69, 9.17) is 5.73 Å². The second kappa shape index (κ2) is 4.23. The molecule has 2 N–H and O–H groups in total. The lowest BCUT2D eigenvalue weighted by atomic mass is 10.1. The van der Waals surface area contributed by atoms with Crippen LogP contribution in [0, 0.1) is 6.92 Å². The molecule has 3 aromatic rings. The molecule has 1 aromatic carbocycles. The Bertz CT molecular complexity index is 683. The monoisotopic (exact) mass is 238 g/mol. The van der Waals surface area contributed by atoms with Gasteiger partial charge < -0.3 is 5.73 Å². The molecular weight excluding hydrogens is 224 g/mol. The molecule has 0 unspecified atom stereocenters. The van der Waals surface area contributed by atoms with Crippen molar-refractivity contribution in [1.29, 1.82) is 0 Å². The summed E-state index contributed by atoms with van der Waals surface area (Å²) in [5.41, 5.74) is 9.88. The molecule has 4 nitrogen and oxygen atoms in total. The highest BCUT2D eigenvalue weighted by atomic mass is 15.3. The van der Waals surface area contributed by atoms with Gasteiger partial charge in [-0.15, -0.1) is 10.2 Å². The van der Waals surface area contributed by atoms with Gasteiger partial charge in [0, 0.05) is 17.8 Å². The number of aryl methyl sites for hydroxylation is 1. The van der Waals surface area contributed by atoms with Crippen LogP contribution in [0.4, 0.5) is 0 Å². The van der Waals surface area contributed by atoms with E-state index in [0.29, 0.717) is 6.54 Å². The Morgan fingerprint density at radius 2 is 1.83 bits per heavy atom. The third-order valence-corrected chi connectivity index (χ3v) is 3.03. The Morgan fingerprint density at radius 1 is 1.06 bits per heavy atom. The summed E-state index contributed by atoms with van der Waals surface area (Å²) in [5, 5.41) is 8.44. The molecular formula is C14H14N4. The predicted octanol–water partition coefficient (Wildman–Crippen LogP) is 2.16. The van der Waals surface area contributed by atoms with Gasteiger partial charge in [0.05, 0.1) is 0 Å². The van der Waals surface area contributed by atoms with Crippen LogP contribution in [0.1, 0.15) is 11.3 Å². The molecule has 0 aliphatic rings. The van der Waals surface area contributed by atoms with Crippen LogP contribution in [-0.2, 0) is 6.54 Å². The van der Waals surface area contributed by atoms with Crippen LogP contribution in [-0.4, -0.2) is 14.6 Å². The van der Waals surface area contributed by atoms with Gasteiger partial charge in [0.15, 0.2) is 11.5 Å². The fourth-order valence-corrected chi connectivity index (χ4v) is 2.06. The van der Waals surface area contributed by atoms with Crippen molar-refractivity contribution in [2.75, 3.05) is 0 Å². The molecule has 2 aromatic heterocycles. The fourth-order valence-electron chi connectivity index (χ4n) is 2.06. The first-order valence-electron chi connectivity index (χ1n) is 5.90. The maximum Gasteiger partial charge on any atom is 0.168 e. The molecule has 0 aliphatic carbocycles. The number of rotatable bonds is 2. The van der Waals surface area contributed by atoms with Crippen LogP contribution in [0.5, 0.6) is 0 Å². The zero-order valence-electron chi connectivity index (χ0n) is 10.2. The second-order valence-corrected chi connectivity index (χ2v) is 4.30. The van der Waals surface area contributed by atoms with Gasteiger partial charge in [0.1, 0.15) is 0 Å². The first kappa shape index (κ1) is 10.9. The Labute approximate surface area is 105 Å². The van der Waals surface area contributed by atoms with Crippen LogP contribution in [0.3, 0.4) is 0 Å². The summed E-state index contributed by atoms with van der Waals surface area (Å²) in [7, 11) is 0. The average Bonchev–Trinajstić information content (AvgIpc) is 2.83. The molecule has 2 heterocycles. The van der Waals surface area contributed by atoms with E-state index in [0.717, 1.165) is 22.7 Å². The van der Waals surface area contributed by atoms with Gasteiger partial charge in [-0.25, -0.2) is 0 Å². The van der Waals surface area contributed by atoms with Crippen LogP contribution in [0.2, 0.25) is 0 Å². The van der Waals surface area contributed by atoms with Gasteiger partial charge in [-0.2, -0.15) is 0 Å². The highest BCUT2D eigenvalue weighted by molar-refractivity contribution is 5.60. The molecule has 4 heteroatoms. The number of hydrogen-bond acceptors (Lipinski definition) is 3. The van der Waals surface area contributed by atoms with Crippen LogP contribution >= 0.6 is 0 Å². The molecule has 0 radical (unpaired) electrons. The third-order valence-electron chi connectivity index (χ3n) is 3.03. The summed E-state index contributed by atoms with van der Waals surface area (Å²) in [6.07, 6.45) is 0. The number of hydrogen-bond donors (Lipinski definition) is 1. The summed E-state index contributed by atoms with van der Waals surface area (Å²) in [6, 6.07) is 14.1. The smallest absolute Gasteiger partial charge is 0.168 e. The van der Waals surface area contributed by atoms with E-state index < -0.39 is 0 Å². The Hall–Kier alpha value is -2.20. The van der Waals surface area contributed by atoms with Crippen LogP contribution in [0.25, 0.3) is 17.0 Å². The number of benzene rings is 1. The second-order valence-electron chi connectivity index (χ2n) is 4.30. The summed E-state index contributed by atoms with van der Waals surface area (Å²) in [6.45, 7) is 2.53. The summed E-state index contributed by atoms with van der Waals surface area (Å²) in [4.78, 5) is 0. The van der Waals surface area contributed by atoms with Gasteiger partial charge in [-0.1, -0.05) is 35.9 Å². The lowest BCUT2D eigenvalue weighted by Crippen LogP contribution is -2.04. The lowest BCUT2D eigenvalue weighted by molar-refractivity contribution is 0.946. The molecule has 0 bridgehead atoms. The molecule has 0 amide bonds. The van der Waals surface area contributed by atoms with Crippen molar-refractivity contribution >= 4 is 5.65 Å². The Balaban J connectivity index is 2.26. The summed E-state index contributed by atoms with van der Waals surface area (Å²) in [5.74, 6) is 0.839. The number of aromatic nitrogens is 3. The van der Waals surface area contributed by atoms with E-state index in [9.17, 15) is 0 Å². The predicted molar refractivity (Wildman–Crippen MR) is 71.1 cm³/mol. The standard InChI is InChI=1S/C14H14N4/c1-10-5-7-11(8-6-10)14-17-16-13-4-2-3-12(9-15)18(13)14/h2-8H,9,15H2,1H3. The van der Waals surface area contributed by atoms with Gasteiger partial charge in [-0.05, 0) is 19.1 Å². The van der Waals surface area contributed by atoms with Crippen molar-refractivity contribution in [3.05, 3.63) is 53.7 Å². The van der Waals surface area contributed by atoms with E-state index in [-0.39, 0.29) is 0 Å². The normalized spacial score (nSPS) is 11.0. The van der Waals surface area contributed by atoms with E-state index in [1.807, 2.05) is 22.6 Å². The van der Waals surface area contributed by atoms with Crippen molar-refractivity contribution in [3.8, 4) is 11.4 Å². The maximum absolute atomic E-state index is 5.77. The number of nitrogens with two attached hydrogens (primary N) is 1. The largest absolute Gasteiger partial charge is 0.325 e. The molecule has 0 atom stereocenters. The minimum absolute atomic E-state index is 0.467. The van der Waals surface area contributed by atoms with E-state index in [1.54, 1.807) is 0 Å². The average molecular weight is 238 g/mol. The van der Waals surface area contributed by atoms with E-state index in [1.165, 1.54) is 5.56 Å². The molecule has 0 spiro atoms. The highest BCUT2D eigenvalue weighted by Gasteiger charge is 2.10. The first-order chi connectivity index (χ1) is 8.79. The minimum Gasteiger partial charge on any atom is -0.325 e. The highest BCUT2D eigenvalue weighted by Crippen LogP contribution is 2.20. The number of fused-ring (bicyclic) bond motifs is 1. The molecule has 90 valence electrons. The topological polar surface area (TPSA) is 56.2 Å². The van der Waals surface area contributed by atoms with Gasteiger partial charge in [0.2, 0.25) is 0 Å². The van der Waals surface area contributed by atoms with Crippen molar-refractivity contribution in [3.63, 3.8) is 0 Å². The lowest BCUT2D eigenvalue weighted by Gasteiger charge is -2.05.